The van der Waals surface area contributed by atoms with Gasteiger partial charge in [0.05, 0.1) is 16.1 Å². The Bertz CT molecular complexity index is 967. The van der Waals surface area contributed by atoms with Crippen LogP contribution in [0.1, 0.15) is 39.2 Å². The van der Waals surface area contributed by atoms with E-state index in [0.29, 0.717) is 18.6 Å². The molecule has 8 nitrogen and oxygen atoms in total. The van der Waals surface area contributed by atoms with Crippen LogP contribution >= 0.6 is 0 Å². The Morgan fingerprint density at radius 3 is 2.37 bits per heavy atom. The van der Waals surface area contributed by atoms with Crippen LogP contribution in [0.2, 0.25) is 0 Å². The minimum Gasteiger partial charge on any atom is -0.378 e. The Kier molecular flexibility index (Phi) is 6.18. The molecule has 2 atom stereocenters. The zero-order valence-corrected chi connectivity index (χ0v) is 17.5. The molecule has 2 N–H and O–H groups in total. The molecule has 0 bridgehead atoms. The summed E-state index contributed by atoms with van der Waals surface area (Å²) in [6, 6.07) is 4.38. The Hall–Kier alpha value is -1.33. The summed E-state index contributed by atoms with van der Waals surface area (Å²) >= 11 is 0. The van der Waals surface area contributed by atoms with E-state index in [9.17, 15) is 21.4 Å². The largest absolute Gasteiger partial charge is 0.378 e. The first-order valence-electron chi connectivity index (χ1n) is 8.50. The summed E-state index contributed by atoms with van der Waals surface area (Å²) < 4.78 is 71.1. The van der Waals surface area contributed by atoms with Crippen molar-refractivity contribution in [1.82, 2.24) is 0 Å². The molecule has 1 aromatic carbocycles. The Morgan fingerprint density at radius 2 is 1.85 bits per heavy atom. The second kappa shape index (κ2) is 7.59. The van der Waals surface area contributed by atoms with E-state index in [-0.39, 0.29) is 23.1 Å². The number of methoxy groups -OCH3 is 1. The standard InChI is InChI=1S/C17H25NO7S2/c1-12(11-25-4)18-13(2)17(3,8-5-9-26(19,20)21)15-10-14(27(22,23)24)6-7-16(15)18/h6-7,10,12H,5,8-9,11H2,1-4H3,(H-,19,20,21,22,23,24)/p+1. The maximum absolute atomic E-state index is 11.6. The summed E-state index contributed by atoms with van der Waals surface area (Å²) in [5.41, 5.74) is 1.75. The molecule has 0 radical (unpaired) electrons. The predicted octanol–water partition coefficient (Wildman–Crippen LogP) is 2.01. The Balaban J connectivity index is 2.57. The van der Waals surface area contributed by atoms with Crippen LogP contribution in [0, 0.1) is 0 Å². The molecule has 0 amide bonds. The summed E-state index contributed by atoms with van der Waals surface area (Å²) in [5.74, 6) is -0.378. The van der Waals surface area contributed by atoms with Gasteiger partial charge in [0.1, 0.15) is 6.61 Å². The zero-order valence-electron chi connectivity index (χ0n) is 15.8. The van der Waals surface area contributed by atoms with Crippen LogP contribution in [0.5, 0.6) is 0 Å². The van der Waals surface area contributed by atoms with Gasteiger partial charge in [0.25, 0.3) is 20.2 Å². The molecule has 1 aliphatic rings. The molecule has 1 aromatic rings. The van der Waals surface area contributed by atoms with Gasteiger partial charge in [-0.3, -0.25) is 9.11 Å². The quantitative estimate of drug-likeness (QED) is 0.487. The molecule has 2 unspecified atom stereocenters. The fourth-order valence-corrected chi connectivity index (χ4v) is 4.79. The fraction of sp³-hybridized carbons (Fsp3) is 0.588. The van der Waals surface area contributed by atoms with Crippen LogP contribution in [0.4, 0.5) is 5.69 Å². The Labute approximate surface area is 160 Å². The molecule has 1 aliphatic heterocycles. The van der Waals surface area contributed by atoms with Crippen LogP contribution in [0.15, 0.2) is 23.1 Å². The topological polar surface area (TPSA) is 121 Å². The van der Waals surface area contributed by atoms with E-state index >= 15 is 0 Å². The van der Waals surface area contributed by atoms with Crippen LogP contribution in [-0.2, 0) is 30.4 Å². The first-order valence-corrected chi connectivity index (χ1v) is 11.6. The van der Waals surface area contributed by atoms with E-state index in [1.165, 1.54) is 12.1 Å². The van der Waals surface area contributed by atoms with Crippen molar-refractivity contribution < 1.29 is 35.3 Å². The van der Waals surface area contributed by atoms with Crippen molar-refractivity contribution in [1.29, 1.82) is 0 Å². The molecule has 0 saturated heterocycles. The number of ether oxygens (including phenoxy) is 1. The molecule has 0 spiro atoms. The molecule has 2 rings (SSSR count). The highest BCUT2D eigenvalue weighted by Gasteiger charge is 2.48. The SMILES string of the molecule is COCC(C)[N+]1=C(C)C(C)(CCCS(=O)(=O)O)c2cc(S(=O)(=O)O)ccc21. The van der Waals surface area contributed by atoms with Crippen LogP contribution in [0.3, 0.4) is 0 Å². The van der Waals surface area contributed by atoms with E-state index in [1.54, 1.807) is 13.2 Å². The van der Waals surface area contributed by atoms with Gasteiger partial charge >= 0.3 is 0 Å². The molecular formula is C17H26NO7S2+. The summed E-state index contributed by atoms with van der Waals surface area (Å²) in [4.78, 5) is -0.212. The van der Waals surface area contributed by atoms with E-state index in [4.69, 9.17) is 9.29 Å². The monoisotopic (exact) mass is 420 g/mol. The van der Waals surface area contributed by atoms with Gasteiger partial charge in [-0.15, -0.1) is 0 Å². The molecule has 0 aromatic heterocycles. The minimum atomic E-state index is -4.37. The molecule has 152 valence electrons. The van der Waals surface area contributed by atoms with Crippen LogP contribution in [-0.4, -0.2) is 61.7 Å². The molecule has 0 saturated carbocycles. The lowest BCUT2D eigenvalue weighted by atomic mass is 9.76. The molecule has 10 heteroatoms. The van der Waals surface area contributed by atoms with Crippen molar-refractivity contribution in [3.8, 4) is 0 Å². The van der Waals surface area contributed by atoms with Crippen molar-refractivity contribution >= 4 is 31.6 Å². The summed E-state index contributed by atoms with van der Waals surface area (Å²) in [6.45, 7) is 6.22. The summed E-state index contributed by atoms with van der Waals surface area (Å²) in [7, 11) is -6.87. The van der Waals surface area contributed by atoms with E-state index in [2.05, 4.69) is 0 Å². The number of hydrogen-bond acceptors (Lipinski definition) is 5. The maximum Gasteiger partial charge on any atom is 0.294 e. The zero-order chi connectivity index (χ0) is 20.6. The highest BCUT2D eigenvalue weighted by molar-refractivity contribution is 7.86. The lowest BCUT2D eigenvalue weighted by molar-refractivity contribution is -0.483. The third kappa shape index (κ3) is 4.57. The van der Waals surface area contributed by atoms with Crippen molar-refractivity contribution in [3.63, 3.8) is 0 Å². The summed E-state index contributed by atoms with van der Waals surface area (Å²) in [5, 5.41) is 0. The average Bonchev–Trinajstić information content (AvgIpc) is 2.73. The van der Waals surface area contributed by atoms with Gasteiger partial charge in [-0.2, -0.15) is 21.4 Å². The van der Waals surface area contributed by atoms with Crippen LogP contribution in [0.25, 0.3) is 0 Å². The molecular weight excluding hydrogens is 394 g/mol. The lowest BCUT2D eigenvalue weighted by Gasteiger charge is -2.22. The van der Waals surface area contributed by atoms with Gasteiger partial charge in [0, 0.05) is 32.6 Å². The molecule has 0 fully saturated rings. The van der Waals surface area contributed by atoms with Gasteiger partial charge in [-0.1, -0.05) is 0 Å². The number of hydrogen-bond donors (Lipinski definition) is 2. The molecule has 1 heterocycles. The molecule has 27 heavy (non-hydrogen) atoms. The van der Waals surface area contributed by atoms with Gasteiger partial charge in [-0.05, 0) is 31.9 Å². The third-order valence-corrected chi connectivity index (χ3v) is 6.86. The van der Waals surface area contributed by atoms with Gasteiger partial charge < -0.3 is 4.74 Å². The fourth-order valence-electron chi connectivity index (χ4n) is 3.78. The van der Waals surface area contributed by atoms with E-state index in [1.807, 2.05) is 25.3 Å². The Morgan fingerprint density at radius 1 is 1.22 bits per heavy atom. The first kappa shape index (κ1) is 22.0. The first-order chi connectivity index (χ1) is 12.3. The molecule has 0 aliphatic carbocycles. The van der Waals surface area contributed by atoms with E-state index < -0.39 is 25.7 Å². The second-order valence-electron chi connectivity index (χ2n) is 7.14. The predicted molar refractivity (Wildman–Crippen MR) is 101 cm³/mol. The number of rotatable bonds is 8. The smallest absolute Gasteiger partial charge is 0.294 e. The van der Waals surface area contributed by atoms with Gasteiger partial charge in [0.15, 0.2) is 11.8 Å². The van der Waals surface area contributed by atoms with Crippen molar-refractivity contribution in [2.75, 3.05) is 19.5 Å². The van der Waals surface area contributed by atoms with Crippen molar-refractivity contribution in [2.45, 2.75) is 50.0 Å². The number of fused-ring (bicyclic) bond motifs is 1. The maximum atomic E-state index is 11.6. The van der Waals surface area contributed by atoms with E-state index in [0.717, 1.165) is 11.4 Å². The van der Waals surface area contributed by atoms with Gasteiger partial charge in [0.2, 0.25) is 5.69 Å². The number of nitrogens with zero attached hydrogens (tertiary/aromatic N) is 1. The number of benzene rings is 1. The highest BCUT2D eigenvalue weighted by atomic mass is 32.2. The van der Waals surface area contributed by atoms with Crippen molar-refractivity contribution in [2.24, 2.45) is 0 Å². The van der Waals surface area contributed by atoms with Crippen molar-refractivity contribution in [3.05, 3.63) is 23.8 Å². The highest BCUT2D eigenvalue weighted by Crippen LogP contribution is 2.44. The average molecular weight is 421 g/mol. The summed E-state index contributed by atoms with van der Waals surface area (Å²) in [6.07, 6.45) is 0.589. The third-order valence-electron chi connectivity index (χ3n) is 5.21. The van der Waals surface area contributed by atoms with Gasteiger partial charge in [-0.25, -0.2) is 0 Å². The minimum absolute atomic E-state index is 0.0336. The van der Waals surface area contributed by atoms with Crippen LogP contribution < -0.4 is 0 Å². The lowest BCUT2D eigenvalue weighted by Crippen LogP contribution is -2.34. The normalized spacial score (nSPS) is 21.4. The second-order valence-corrected chi connectivity index (χ2v) is 10.1.